The van der Waals surface area contributed by atoms with Crippen LogP contribution in [0.15, 0.2) is 34.8 Å². The average molecular weight is 361 g/mol. The lowest BCUT2D eigenvalue weighted by Gasteiger charge is -2.19. The second-order valence-electron chi connectivity index (χ2n) is 4.49. The fourth-order valence-corrected chi connectivity index (χ4v) is 2.59. The lowest BCUT2D eigenvalue weighted by molar-refractivity contribution is 0.573. The Morgan fingerprint density at radius 3 is 2.50 bits per heavy atom. The lowest BCUT2D eigenvalue weighted by atomic mass is 9.97. The van der Waals surface area contributed by atoms with Crippen LogP contribution in [-0.2, 0) is 0 Å². The van der Waals surface area contributed by atoms with Crippen molar-refractivity contribution in [3.63, 3.8) is 0 Å². The Hall–Kier alpha value is -0.970. The molecule has 2 aromatic rings. The van der Waals surface area contributed by atoms with Gasteiger partial charge in [-0.3, -0.25) is 0 Å². The van der Waals surface area contributed by atoms with Crippen LogP contribution in [0, 0.1) is 18.6 Å². The van der Waals surface area contributed by atoms with Crippen LogP contribution in [0.1, 0.15) is 22.7 Å². The summed E-state index contributed by atoms with van der Waals surface area (Å²) in [6.07, 6.45) is 0. The van der Waals surface area contributed by atoms with E-state index < -0.39 is 5.82 Å². The maximum atomic E-state index is 14.3. The Bertz CT molecular complexity index is 646. The molecular weight excluding hydrogens is 348 g/mol. The van der Waals surface area contributed by atoms with E-state index in [2.05, 4.69) is 21.2 Å². The number of rotatable bonds is 3. The highest BCUT2D eigenvalue weighted by atomic mass is 79.9. The molecule has 0 aliphatic rings. The molecule has 1 atom stereocenters. The largest absolute Gasteiger partial charge is 0.309 e. The number of hydrogen-bond donors (Lipinski definition) is 1. The molecule has 1 N–H and O–H groups in total. The van der Waals surface area contributed by atoms with Crippen LogP contribution in [0.5, 0.6) is 0 Å². The molecule has 0 amide bonds. The van der Waals surface area contributed by atoms with E-state index in [9.17, 15) is 8.78 Å². The predicted octanol–water partition coefficient (Wildman–Crippen LogP) is 5.00. The van der Waals surface area contributed by atoms with Crippen molar-refractivity contribution in [2.45, 2.75) is 13.0 Å². The first-order valence-electron chi connectivity index (χ1n) is 6.02. The minimum Gasteiger partial charge on any atom is -0.309 e. The maximum absolute atomic E-state index is 14.3. The quantitative estimate of drug-likeness (QED) is 0.760. The van der Waals surface area contributed by atoms with Crippen molar-refractivity contribution in [2.24, 2.45) is 0 Å². The van der Waals surface area contributed by atoms with E-state index in [0.29, 0.717) is 15.6 Å². The third-order valence-electron chi connectivity index (χ3n) is 3.18. The van der Waals surface area contributed by atoms with Crippen molar-refractivity contribution < 1.29 is 8.78 Å². The van der Waals surface area contributed by atoms with E-state index in [-0.39, 0.29) is 16.9 Å². The molecule has 2 aromatic carbocycles. The highest BCUT2D eigenvalue weighted by Crippen LogP contribution is 2.33. The van der Waals surface area contributed by atoms with Crippen molar-refractivity contribution in [2.75, 3.05) is 7.05 Å². The van der Waals surface area contributed by atoms with E-state index in [4.69, 9.17) is 11.6 Å². The molecule has 0 aliphatic heterocycles. The van der Waals surface area contributed by atoms with Gasteiger partial charge in [0.25, 0.3) is 0 Å². The van der Waals surface area contributed by atoms with E-state index in [1.807, 2.05) is 0 Å². The molecule has 106 valence electrons. The van der Waals surface area contributed by atoms with Crippen molar-refractivity contribution in [1.29, 1.82) is 0 Å². The van der Waals surface area contributed by atoms with Gasteiger partial charge in [0.05, 0.1) is 11.1 Å². The van der Waals surface area contributed by atoms with Crippen molar-refractivity contribution in [3.8, 4) is 0 Å². The van der Waals surface area contributed by atoms with Gasteiger partial charge in [0.15, 0.2) is 0 Å². The standard InChI is InChI=1S/C15H13BrClF2N/c1-8-7-9(3-6-12(8)18)15(20-2)10-4-5-11(16)13(17)14(10)19/h3-7,15,20H,1-2H3. The van der Waals surface area contributed by atoms with Gasteiger partial charge in [-0.15, -0.1) is 0 Å². The number of halogens is 4. The zero-order valence-corrected chi connectivity index (χ0v) is 13.3. The first kappa shape index (κ1) is 15.4. The van der Waals surface area contributed by atoms with Gasteiger partial charge in [-0.1, -0.05) is 29.8 Å². The van der Waals surface area contributed by atoms with Crippen molar-refractivity contribution in [3.05, 3.63) is 68.2 Å². The highest BCUT2D eigenvalue weighted by molar-refractivity contribution is 9.10. The third kappa shape index (κ3) is 2.87. The summed E-state index contributed by atoms with van der Waals surface area (Å²) in [5, 5.41) is 3.08. The minimum atomic E-state index is -0.484. The fourth-order valence-electron chi connectivity index (χ4n) is 2.11. The SMILES string of the molecule is CNC(c1ccc(F)c(C)c1)c1ccc(Br)c(Cl)c1F. The van der Waals surface area contributed by atoms with Gasteiger partial charge in [-0.2, -0.15) is 0 Å². The van der Waals surface area contributed by atoms with Crippen molar-refractivity contribution >= 4 is 27.5 Å². The summed E-state index contributed by atoms with van der Waals surface area (Å²) >= 11 is 9.10. The van der Waals surface area contributed by atoms with Crippen molar-refractivity contribution in [1.82, 2.24) is 5.32 Å². The van der Waals surface area contributed by atoms with E-state index in [0.717, 1.165) is 5.56 Å². The van der Waals surface area contributed by atoms with E-state index in [1.165, 1.54) is 6.07 Å². The first-order chi connectivity index (χ1) is 9.45. The second-order valence-corrected chi connectivity index (χ2v) is 5.73. The lowest BCUT2D eigenvalue weighted by Crippen LogP contribution is -2.19. The van der Waals surface area contributed by atoms with Crippen LogP contribution in [0.3, 0.4) is 0 Å². The van der Waals surface area contributed by atoms with Gasteiger partial charge in [0.2, 0.25) is 0 Å². The maximum Gasteiger partial charge on any atom is 0.148 e. The summed E-state index contributed by atoms with van der Waals surface area (Å²) in [5.74, 6) is -0.764. The normalized spacial score (nSPS) is 12.5. The van der Waals surface area contributed by atoms with E-state index in [1.54, 1.807) is 38.2 Å². The Morgan fingerprint density at radius 2 is 1.90 bits per heavy atom. The molecule has 2 rings (SSSR count). The molecular formula is C15H13BrClF2N. The summed E-state index contributed by atoms with van der Waals surface area (Å²) in [5.41, 5.74) is 1.72. The second kappa shape index (κ2) is 6.20. The van der Waals surface area contributed by atoms with Crippen LogP contribution < -0.4 is 5.32 Å². The van der Waals surface area contributed by atoms with Gasteiger partial charge >= 0.3 is 0 Å². The Kier molecular flexibility index (Phi) is 4.78. The van der Waals surface area contributed by atoms with Gasteiger partial charge in [-0.05, 0) is 53.2 Å². The topological polar surface area (TPSA) is 12.0 Å². The number of aryl methyl sites for hydroxylation is 1. The summed E-state index contributed by atoms with van der Waals surface area (Å²) < 4.78 is 28.1. The minimum absolute atomic E-state index is 0.0431. The Morgan fingerprint density at radius 1 is 1.20 bits per heavy atom. The van der Waals surface area contributed by atoms with Crippen LogP contribution in [0.25, 0.3) is 0 Å². The molecule has 5 heteroatoms. The summed E-state index contributed by atoms with van der Waals surface area (Å²) in [7, 11) is 1.72. The molecule has 0 saturated heterocycles. The number of hydrogen-bond acceptors (Lipinski definition) is 1. The molecule has 0 heterocycles. The third-order valence-corrected chi connectivity index (χ3v) is 4.44. The van der Waals surface area contributed by atoms with Crippen LogP contribution >= 0.6 is 27.5 Å². The van der Waals surface area contributed by atoms with Crippen LogP contribution in [-0.4, -0.2) is 7.05 Å². The molecule has 0 aliphatic carbocycles. The molecule has 0 bridgehead atoms. The molecule has 1 unspecified atom stereocenters. The van der Waals surface area contributed by atoms with Gasteiger partial charge in [-0.25, -0.2) is 8.78 Å². The smallest absolute Gasteiger partial charge is 0.148 e. The molecule has 0 spiro atoms. The zero-order chi connectivity index (χ0) is 14.9. The summed E-state index contributed by atoms with van der Waals surface area (Å²) in [6, 6.07) is 7.69. The fraction of sp³-hybridized carbons (Fsp3) is 0.200. The van der Waals surface area contributed by atoms with E-state index >= 15 is 0 Å². The monoisotopic (exact) mass is 359 g/mol. The number of nitrogens with one attached hydrogen (secondary N) is 1. The Labute approximate surface area is 130 Å². The first-order valence-corrected chi connectivity index (χ1v) is 7.19. The van der Waals surface area contributed by atoms with Gasteiger partial charge in [0.1, 0.15) is 11.6 Å². The van der Waals surface area contributed by atoms with Gasteiger partial charge < -0.3 is 5.32 Å². The van der Waals surface area contributed by atoms with Gasteiger partial charge in [0, 0.05) is 10.0 Å². The Balaban J connectivity index is 2.52. The molecule has 1 nitrogen and oxygen atoms in total. The summed E-state index contributed by atoms with van der Waals surface area (Å²) in [6.45, 7) is 1.68. The summed E-state index contributed by atoms with van der Waals surface area (Å²) in [4.78, 5) is 0. The van der Waals surface area contributed by atoms with Crippen LogP contribution in [0.4, 0.5) is 8.78 Å². The number of benzene rings is 2. The molecule has 0 fully saturated rings. The predicted molar refractivity (Wildman–Crippen MR) is 81.1 cm³/mol. The molecule has 0 aromatic heterocycles. The molecule has 0 saturated carbocycles. The molecule has 20 heavy (non-hydrogen) atoms. The average Bonchev–Trinajstić information content (AvgIpc) is 2.43. The van der Waals surface area contributed by atoms with Crippen LogP contribution in [0.2, 0.25) is 5.02 Å². The molecule has 0 radical (unpaired) electrons. The highest BCUT2D eigenvalue weighted by Gasteiger charge is 2.20. The zero-order valence-electron chi connectivity index (χ0n) is 11.0.